The molecule has 1 aliphatic rings. The molecule has 0 radical (unpaired) electrons. The van der Waals surface area contributed by atoms with Crippen molar-refractivity contribution in [2.24, 2.45) is 5.92 Å². The highest BCUT2D eigenvalue weighted by Crippen LogP contribution is 2.53. The number of rotatable bonds is 7. The van der Waals surface area contributed by atoms with Crippen LogP contribution < -0.4 is 5.73 Å². The Morgan fingerprint density at radius 3 is 2.49 bits per heavy atom. The second kappa shape index (κ2) is 8.59. The van der Waals surface area contributed by atoms with Gasteiger partial charge >= 0.3 is 6.55 Å². The zero-order chi connectivity index (χ0) is 24.9. The second-order valence-corrected chi connectivity index (χ2v) is 8.69. The van der Waals surface area contributed by atoms with Crippen molar-refractivity contribution in [3.05, 3.63) is 65.6 Å². The molecule has 13 heteroatoms. The number of nitrogens with zero attached hydrogens (tertiary/aromatic N) is 6. The summed E-state index contributed by atoms with van der Waals surface area (Å²) in [5.41, 5.74) is 7.48. The number of anilines is 1. The van der Waals surface area contributed by atoms with Crippen molar-refractivity contribution in [3.63, 3.8) is 0 Å². The number of halogens is 6. The lowest BCUT2D eigenvalue weighted by atomic mass is 10.0. The highest BCUT2D eigenvalue weighted by Gasteiger charge is 2.57. The molecule has 7 nitrogen and oxygen atoms in total. The van der Waals surface area contributed by atoms with Crippen LogP contribution in [0.5, 0.6) is 0 Å². The van der Waals surface area contributed by atoms with Crippen LogP contribution in [0.4, 0.5) is 27.6 Å². The summed E-state index contributed by atoms with van der Waals surface area (Å²) in [7, 11) is 0. The minimum atomic E-state index is -2.85. The fraction of sp³-hybridized carbons (Fsp3) is 0.273. The van der Waals surface area contributed by atoms with E-state index in [1.165, 1.54) is 35.4 Å². The van der Waals surface area contributed by atoms with Crippen molar-refractivity contribution in [1.29, 1.82) is 0 Å². The van der Waals surface area contributed by atoms with Gasteiger partial charge in [0.15, 0.2) is 5.82 Å². The smallest absolute Gasteiger partial charge is 0.334 e. The summed E-state index contributed by atoms with van der Waals surface area (Å²) in [6.45, 7) is -2.85. The molecule has 0 spiro atoms. The van der Waals surface area contributed by atoms with Crippen LogP contribution in [0.2, 0.25) is 5.02 Å². The topological polar surface area (TPSA) is 87.4 Å². The van der Waals surface area contributed by atoms with Crippen molar-refractivity contribution < 1.29 is 22.0 Å². The van der Waals surface area contributed by atoms with Crippen molar-refractivity contribution in [2.75, 3.05) is 5.73 Å². The van der Waals surface area contributed by atoms with Crippen LogP contribution in [0.1, 0.15) is 31.1 Å². The van der Waals surface area contributed by atoms with Crippen LogP contribution in [0, 0.1) is 11.7 Å². The molecule has 182 valence electrons. The molecule has 1 fully saturated rings. The van der Waals surface area contributed by atoms with Crippen LogP contribution in [0.25, 0.3) is 22.4 Å². The Balaban J connectivity index is 1.47. The van der Waals surface area contributed by atoms with Gasteiger partial charge in [0.05, 0.1) is 29.2 Å². The first-order chi connectivity index (χ1) is 16.6. The van der Waals surface area contributed by atoms with Crippen LogP contribution in [0.15, 0.2) is 49.1 Å². The molecule has 3 heterocycles. The summed E-state index contributed by atoms with van der Waals surface area (Å²) in [6.07, 6.45) is 5.13. The number of nitrogen functional groups attached to an aromatic ring is 1. The van der Waals surface area contributed by atoms with Crippen molar-refractivity contribution >= 4 is 17.3 Å². The lowest BCUT2D eigenvalue weighted by molar-refractivity contribution is 0.0546. The Hall–Kier alpha value is -3.54. The normalized spacial score (nSPS) is 17.6. The van der Waals surface area contributed by atoms with E-state index in [1.54, 1.807) is 12.1 Å². The molecule has 35 heavy (non-hydrogen) atoms. The molecule has 1 aromatic carbocycles. The van der Waals surface area contributed by atoms with Crippen LogP contribution in [-0.4, -0.2) is 35.7 Å². The average Bonchev–Trinajstić information content (AvgIpc) is 3.24. The van der Waals surface area contributed by atoms with Gasteiger partial charge < -0.3 is 5.73 Å². The molecule has 2 N–H and O–H groups in total. The number of benzene rings is 1. The minimum Gasteiger partial charge on any atom is -0.398 e. The molecule has 5 rings (SSSR count). The summed E-state index contributed by atoms with van der Waals surface area (Å²) in [6, 6.07) is 5.28. The third-order valence-electron chi connectivity index (χ3n) is 5.93. The third kappa shape index (κ3) is 4.45. The predicted molar refractivity (Wildman–Crippen MR) is 117 cm³/mol. The van der Waals surface area contributed by atoms with E-state index >= 15 is 0 Å². The van der Waals surface area contributed by atoms with Gasteiger partial charge in [-0.3, -0.25) is 9.67 Å². The molecule has 1 saturated carbocycles. The number of aromatic nitrogens is 6. The van der Waals surface area contributed by atoms with Gasteiger partial charge in [-0.2, -0.15) is 18.6 Å². The first-order valence-corrected chi connectivity index (χ1v) is 10.8. The van der Waals surface area contributed by atoms with E-state index in [9.17, 15) is 22.0 Å². The second-order valence-electron chi connectivity index (χ2n) is 8.28. The fourth-order valence-electron chi connectivity index (χ4n) is 3.91. The van der Waals surface area contributed by atoms with Gasteiger partial charge in [-0.05, 0) is 24.6 Å². The molecule has 3 aromatic heterocycles. The summed E-state index contributed by atoms with van der Waals surface area (Å²) >= 11 is 5.87. The predicted octanol–water partition coefficient (Wildman–Crippen LogP) is 5.61. The van der Waals surface area contributed by atoms with E-state index in [2.05, 4.69) is 20.4 Å². The first kappa shape index (κ1) is 23.2. The fourth-order valence-corrected chi connectivity index (χ4v) is 4.07. The van der Waals surface area contributed by atoms with Crippen molar-refractivity contribution in [3.8, 4) is 22.4 Å². The highest BCUT2D eigenvalue weighted by atomic mass is 35.5. The maximum atomic E-state index is 14.6. The first-order valence-electron chi connectivity index (χ1n) is 10.5. The number of hydrogen-bond donors (Lipinski definition) is 1. The highest BCUT2D eigenvalue weighted by molar-refractivity contribution is 6.31. The molecular weight excluding hydrogens is 493 g/mol. The Morgan fingerprint density at radius 2 is 1.86 bits per heavy atom. The van der Waals surface area contributed by atoms with E-state index in [1.807, 2.05) is 0 Å². The number of hydrogen-bond acceptors (Lipinski definition) is 5. The maximum absolute atomic E-state index is 14.6. The van der Waals surface area contributed by atoms with Gasteiger partial charge in [0, 0.05) is 47.1 Å². The molecule has 2 unspecified atom stereocenters. The Kier molecular flexibility index (Phi) is 5.70. The Bertz CT molecular complexity index is 1370. The van der Waals surface area contributed by atoms with Gasteiger partial charge in [0.25, 0.3) is 5.92 Å². The number of alkyl halides is 4. The largest absolute Gasteiger partial charge is 0.398 e. The van der Waals surface area contributed by atoms with E-state index in [0.29, 0.717) is 21.5 Å². The van der Waals surface area contributed by atoms with E-state index in [4.69, 9.17) is 17.3 Å². The van der Waals surface area contributed by atoms with E-state index < -0.39 is 30.2 Å². The number of nitrogens with two attached hydrogens (primary N) is 1. The molecule has 0 amide bonds. The van der Waals surface area contributed by atoms with E-state index in [0.717, 1.165) is 6.20 Å². The molecule has 0 saturated heterocycles. The molecular formula is C22H17ClF5N7. The lowest BCUT2D eigenvalue weighted by Gasteiger charge is -2.18. The average molecular weight is 510 g/mol. The Labute approximate surface area is 200 Å². The SMILES string of the molecule is Nc1ccc(Cl)c(F)c1-c1ccc(C(CC2CC2(F)F)n2cc(-c3cn(C(F)F)nn3)cn2)nc1. The van der Waals surface area contributed by atoms with E-state index in [-0.39, 0.29) is 34.8 Å². The maximum Gasteiger partial charge on any atom is 0.334 e. The summed E-state index contributed by atoms with van der Waals surface area (Å²) < 4.78 is 69.5. The van der Waals surface area contributed by atoms with Crippen molar-refractivity contribution in [1.82, 2.24) is 29.8 Å². The standard InChI is InChI=1S/C22H17ClF5N7/c23-14-2-3-15(29)19(20(14)24)11-1-4-16(30-7-11)18(5-13-6-22(13,27)28)34-9-12(8-31-34)17-10-35(21(25)26)33-32-17/h1-4,7-10,13,18,21H,5-6,29H2. The molecule has 1 aliphatic carbocycles. The summed E-state index contributed by atoms with van der Waals surface area (Å²) in [5, 5.41) is 11.2. The number of pyridine rings is 1. The zero-order valence-corrected chi connectivity index (χ0v) is 18.5. The van der Waals surface area contributed by atoms with Gasteiger partial charge in [0.2, 0.25) is 0 Å². The van der Waals surface area contributed by atoms with Crippen LogP contribution in [0.3, 0.4) is 0 Å². The molecule has 0 aliphatic heterocycles. The van der Waals surface area contributed by atoms with Crippen LogP contribution in [-0.2, 0) is 0 Å². The monoisotopic (exact) mass is 509 g/mol. The zero-order valence-electron chi connectivity index (χ0n) is 17.8. The van der Waals surface area contributed by atoms with Gasteiger partial charge in [-0.15, -0.1) is 5.10 Å². The molecule has 4 aromatic rings. The van der Waals surface area contributed by atoms with Crippen LogP contribution >= 0.6 is 11.6 Å². The van der Waals surface area contributed by atoms with Gasteiger partial charge in [-0.25, -0.2) is 13.2 Å². The van der Waals surface area contributed by atoms with Crippen molar-refractivity contribution in [2.45, 2.75) is 31.4 Å². The summed E-state index contributed by atoms with van der Waals surface area (Å²) in [5.74, 6) is -4.32. The van der Waals surface area contributed by atoms with Gasteiger partial charge in [-0.1, -0.05) is 22.9 Å². The quantitative estimate of drug-likeness (QED) is 0.258. The minimum absolute atomic E-state index is 0.0395. The Morgan fingerprint density at radius 1 is 1.09 bits per heavy atom. The molecule has 2 atom stereocenters. The van der Waals surface area contributed by atoms with Gasteiger partial charge in [0.1, 0.15) is 5.69 Å². The third-order valence-corrected chi connectivity index (χ3v) is 6.23. The molecule has 0 bridgehead atoms. The lowest BCUT2D eigenvalue weighted by Crippen LogP contribution is -2.15. The summed E-state index contributed by atoms with van der Waals surface area (Å²) in [4.78, 5) is 4.38.